The summed E-state index contributed by atoms with van der Waals surface area (Å²) in [6.07, 6.45) is 12.1. The third-order valence-corrected chi connectivity index (χ3v) is 13.9. The van der Waals surface area contributed by atoms with E-state index in [0.717, 1.165) is 19.4 Å². The Hall–Kier alpha value is -5.81. The first-order valence-corrected chi connectivity index (χ1v) is 24.0. The van der Waals surface area contributed by atoms with Crippen LogP contribution in [0.25, 0.3) is 45.3 Å². The van der Waals surface area contributed by atoms with Crippen LogP contribution in [0.5, 0.6) is 0 Å². The van der Waals surface area contributed by atoms with Gasteiger partial charge in [-0.3, -0.25) is 4.98 Å². The minimum atomic E-state index is 0.513. The van der Waals surface area contributed by atoms with Crippen molar-refractivity contribution < 1.29 is 0 Å². The zero-order chi connectivity index (χ0) is 44.1. The van der Waals surface area contributed by atoms with Gasteiger partial charge in [-0.15, -0.1) is 0 Å². The van der Waals surface area contributed by atoms with Crippen molar-refractivity contribution in [3.05, 3.63) is 208 Å². The first-order valence-electron chi connectivity index (χ1n) is 22.4. The Morgan fingerprint density at radius 1 is 0.619 bits per heavy atom. The zero-order valence-electron chi connectivity index (χ0n) is 37.9. The fraction of sp³-hybridized carbons (Fsp3) is 0.203. The number of pyridine rings is 1. The van der Waals surface area contributed by atoms with Crippen LogP contribution in [0.1, 0.15) is 72.9 Å². The Morgan fingerprint density at radius 2 is 1.24 bits per heavy atom. The summed E-state index contributed by atoms with van der Waals surface area (Å²) < 4.78 is 0. The normalized spacial score (nSPS) is 13.4. The molecule has 10 rings (SSSR count). The molecule has 1 atom stereocenters. The molecule has 0 spiro atoms. The predicted octanol–water partition coefficient (Wildman–Crippen LogP) is 15.1. The van der Waals surface area contributed by atoms with Crippen LogP contribution in [-0.2, 0) is 6.42 Å². The maximum Gasteiger partial charge on any atom is 0.0353 e. The number of aryl methyl sites for hydroxylation is 5. The summed E-state index contributed by atoms with van der Waals surface area (Å²) in [6.45, 7) is 16.0. The van der Waals surface area contributed by atoms with Gasteiger partial charge in [-0.2, -0.15) is 0 Å². The molecule has 0 amide bonds. The molecule has 0 bridgehead atoms. The highest BCUT2D eigenvalue weighted by Crippen LogP contribution is 2.43. The Kier molecular flexibility index (Phi) is 15.8. The number of hydrogen-bond donors (Lipinski definition) is 1. The summed E-state index contributed by atoms with van der Waals surface area (Å²) in [7, 11) is 0. The van der Waals surface area contributed by atoms with Crippen molar-refractivity contribution in [2.75, 3.05) is 6.54 Å². The van der Waals surface area contributed by atoms with E-state index in [0.29, 0.717) is 5.92 Å². The van der Waals surface area contributed by atoms with Crippen LogP contribution in [0.15, 0.2) is 184 Å². The minimum absolute atomic E-state index is 0.513. The summed E-state index contributed by atoms with van der Waals surface area (Å²) in [4.78, 5) is 9.99. The van der Waals surface area contributed by atoms with E-state index in [1.165, 1.54) is 103 Å². The molecule has 2 aliphatic heterocycles. The number of fused-ring (bicyclic) bond motifs is 4. The Bertz CT molecular complexity index is 2870. The van der Waals surface area contributed by atoms with Gasteiger partial charge in [-0.05, 0) is 126 Å². The van der Waals surface area contributed by atoms with Gasteiger partial charge in [0.25, 0.3) is 0 Å². The van der Waals surface area contributed by atoms with Crippen LogP contribution in [-0.4, -0.2) is 11.5 Å². The summed E-state index contributed by atoms with van der Waals surface area (Å²) >= 11 is 3.78. The number of aromatic nitrogens is 1. The standard InChI is InChI=1S/C42H36N2S2.2C7H8.C3H8/c1-26-12-14-29-9-5-7-11-38(29)46-40-23-31(16-17-32(26)40)41-33-18-20-43-24-35(33)42(36-25-44-21-19-34(36)41)30-15-13-28(3)39(22-30)45-37-10-6-4-8-27(37)2;2*1-7-5-3-2-4-6-7;1-3-2/h4-11,13,15-20,22-26,44H,12,14,21H2,1-3H3;2*2-6H,1H3;3H2,1-2H3/t26-;;;/m1.../s1. The summed E-state index contributed by atoms with van der Waals surface area (Å²) in [5, 5.41) is 8.49. The number of nitrogens with one attached hydrogen (secondary N) is 1. The van der Waals surface area contributed by atoms with Gasteiger partial charge in [0.15, 0.2) is 0 Å². The Morgan fingerprint density at radius 3 is 1.94 bits per heavy atom. The molecule has 2 nitrogen and oxygen atoms in total. The van der Waals surface area contributed by atoms with Gasteiger partial charge in [-0.1, -0.05) is 189 Å². The van der Waals surface area contributed by atoms with Crippen molar-refractivity contribution in [2.24, 2.45) is 0 Å². The smallest absolute Gasteiger partial charge is 0.0353 e. The molecule has 4 heteroatoms. The first-order chi connectivity index (χ1) is 30.7. The fourth-order valence-electron chi connectivity index (χ4n) is 8.04. The third-order valence-electron chi connectivity index (χ3n) is 11.4. The summed E-state index contributed by atoms with van der Waals surface area (Å²) in [5.41, 5.74) is 13.2. The zero-order valence-corrected chi connectivity index (χ0v) is 39.5. The molecule has 0 fully saturated rings. The second-order valence-electron chi connectivity index (χ2n) is 16.5. The van der Waals surface area contributed by atoms with E-state index in [1.807, 2.05) is 66.1 Å². The molecule has 0 saturated heterocycles. The quantitative estimate of drug-likeness (QED) is 0.191. The number of nitrogens with zero attached hydrogens (tertiary/aromatic N) is 1. The maximum absolute atomic E-state index is 4.68. The lowest BCUT2D eigenvalue weighted by Gasteiger charge is -2.23. The molecule has 1 N–H and O–H groups in total. The van der Waals surface area contributed by atoms with Gasteiger partial charge in [0.2, 0.25) is 0 Å². The largest absolute Gasteiger partial charge is 0.387 e. The highest BCUT2D eigenvalue weighted by Gasteiger charge is 2.21. The molecule has 2 aliphatic rings. The van der Waals surface area contributed by atoms with Crippen LogP contribution < -0.4 is 15.8 Å². The topological polar surface area (TPSA) is 24.9 Å². The van der Waals surface area contributed by atoms with Gasteiger partial charge < -0.3 is 5.32 Å². The van der Waals surface area contributed by atoms with Crippen LogP contribution in [0.4, 0.5) is 0 Å². The van der Waals surface area contributed by atoms with Gasteiger partial charge in [-0.25, -0.2) is 0 Å². The van der Waals surface area contributed by atoms with Gasteiger partial charge >= 0.3 is 0 Å². The molecule has 1 aromatic heterocycles. The molecular weight excluding hydrogens is 801 g/mol. The third kappa shape index (κ3) is 11.2. The average Bonchev–Trinajstić information content (AvgIpc) is 3.30. The second-order valence-corrected chi connectivity index (χ2v) is 18.7. The van der Waals surface area contributed by atoms with Crippen molar-refractivity contribution in [3.8, 4) is 22.3 Å². The lowest BCUT2D eigenvalue weighted by molar-refractivity contribution is 0.661. The molecule has 0 radical (unpaired) electrons. The van der Waals surface area contributed by atoms with E-state index in [1.54, 1.807) is 0 Å². The molecule has 8 aromatic rings. The Balaban J connectivity index is 0.000000293. The van der Waals surface area contributed by atoms with E-state index in [4.69, 9.17) is 0 Å². The van der Waals surface area contributed by atoms with E-state index in [9.17, 15) is 0 Å². The Labute approximate surface area is 384 Å². The highest BCUT2D eigenvalue weighted by molar-refractivity contribution is 7.99. The lowest BCUT2D eigenvalue weighted by Crippen LogP contribution is -2.36. The SMILES string of the molecule is CCC.Cc1ccccc1.Cc1ccccc1.Cc1ccccc1Sc1cc(-c2c3c(c(-c4ccc5c(c4)Sc4ccccc4CC[C@H]5C)c4ccncc24)=CCNC=3)ccc1C. The molecule has 0 saturated carbocycles. The van der Waals surface area contributed by atoms with Crippen molar-refractivity contribution in [1.29, 1.82) is 0 Å². The van der Waals surface area contributed by atoms with Gasteiger partial charge in [0.1, 0.15) is 0 Å². The summed E-state index contributed by atoms with van der Waals surface area (Å²) in [6, 6.07) is 54.4. The van der Waals surface area contributed by atoms with E-state index in [-0.39, 0.29) is 0 Å². The molecule has 0 aliphatic carbocycles. The number of hydrogen-bond acceptors (Lipinski definition) is 4. The summed E-state index contributed by atoms with van der Waals surface area (Å²) in [5.74, 6) is 0.513. The molecule has 7 aromatic carbocycles. The van der Waals surface area contributed by atoms with Crippen LogP contribution in [0.2, 0.25) is 0 Å². The van der Waals surface area contributed by atoms with Crippen LogP contribution in [0, 0.1) is 27.7 Å². The van der Waals surface area contributed by atoms with Gasteiger partial charge in [0, 0.05) is 60.9 Å². The molecule has 63 heavy (non-hydrogen) atoms. The molecule has 318 valence electrons. The number of rotatable bonds is 4. The van der Waals surface area contributed by atoms with E-state index >= 15 is 0 Å². The first kappa shape index (κ1) is 45.2. The molecule has 3 heterocycles. The van der Waals surface area contributed by atoms with Crippen molar-refractivity contribution >= 4 is 46.6 Å². The second kappa shape index (κ2) is 22.0. The van der Waals surface area contributed by atoms with Crippen molar-refractivity contribution in [1.82, 2.24) is 10.3 Å². The van der Waals surface area contributed by atoms with Gasteiger partial charge in [0.05, 0.1) is 0 Å². The maximum atomic E-state index is 4.68. The number of benzene rings is 7. The predicted molar refractivity (Wildman–Crippen MR) is 274 cm³/mol. The fourth-order valence-corrected chi connectivity index (χ4v) is 10.3. The minimum Gasteiger partial charge on any atom is -0.387 e. The van der Waals surface area contributed by atoms with Crippen LogP contribution >= 0.6 is 23.5 Å². The molecular formula is C59H60N2S2. The van der Waals surface area contributed by atoms with E-state index < -0.39 is 0 Å². The highest BCUT2D eigenvalue weighted by atomic mass is 32.2. The monoisotopic (exact) mass is 860 g/mol. The van der Waals surface area contributed by atoms with Crippen molar-refractivity contribution in [3.63, 3.8) is 0 Å². The van der Waals surface area contributed by atoms with Crippen molar-refractivity contribution in [2.45, 2.75) is 93.2 Å². The van der Waals surface area contributed by atoms with Crippen LogP contribution in [0.3, 0.4) is 0 Å². The lowest BCUT2D eigenvalue weighted by atomic mass is 9.87. The molecule has 0 unspecified atom stereocenters. The average molecular weight is 861 g/mol. The van der Waals surface area contributed by atoms with E-state index in [2.05, 4.69) is 193 Å².